The lowest BCUT2D eigenvalue weighted by molar-refractivity contribution is -0.151. The van der Waals surface area contributed by atoms with E-state index >= 15 is 0 Å². The molecule has 51 heavy (non-hydrogen) atoms. The highest BCUT2D eigenvalue weighted by molar-refractivity contribution is 5.89. The number of carbonyl (C=O) groups excluding carboxylic acids is 4. The molecular formula is C36H44N6O9. The van der Waals surface area contributed by atoms with Gasteiger partial charge < -0.3 is 29.4 Å². The van der Waals surface area contributed by atoms with Gasteiger partial charge in [-0.2, -0.15) is 0 Å². The molecule has 5 N–H and O–H groups in total. The van der Waals surface area contributed by atoms with Crippen LogP contribution in [0.2, 0.25) is 0 Å². The summed E-state index contributed by atoms with van der Waals surface area (Å²) in [6.45, 7) is 0.440. The molecule has 3 aromatic rings. The Labute approximate surface area is 296 Å². The minimum atomic E-state index is -1.69. The number of carbonyl (C=O) groups is 4. The second-order valence-corrected chi connectivity index (χ2v) is 12.4. The molecular weight excluding hydrogens is 660 g/mol. The number of hydrogen-bond donors (Lipinski definition) is 5. The average Bonchev–Trinajstić information content (AvgIpc) is 3.83. The van der Waals surface area contributed by atoms with Crippen molar-refractivity contribution < 1.29 is 43.2 Å². The summed E-state index contributed by atoms with van der Waals surface area (Å²) in [5, 5.41) is 21.3. The first-order valence-electron chi connectivity index (χ1n) is 16.7. The van der Waals surface area contributed by atoms with Crippen LogP contribution in [-0.4, -0.2) is 96.7 Å². The maximum Gasteiger partial charge on any atom is 0.409 e. The lowest BCUT2D eigenvalue weighted by Gasteiger charge is -2.35. The van der Waals surface area contributed by atoms with Crippen LogP contribution in [0.4, 0.5) is 9.59 Å². The molecule has 0 bridgehead atoms. The SMILES string of the molecule is COC(=O)NC1(C(=O)N[C@@H](Cc2ccccc2)[C@@H](O)CN(Cc2ccc(-c3ccccn3)cc2)NC(=O)C2(NC(=O)OC)CCCO2)CCCO1. The van der Waals surface area contributed by atoms with E-state index in [2.05, 4.69) is 26.4 Å². The second-order valence-electron chi connectivity index (χ2n) is 12.4. The predicted molar refractivity (Wildman–Crippen MR) is 183 cm³/mol. The van der Waals surface area contributed by atoms with Crippen LogP contribution in [0.1, 0.15) is 36.8 Å². The fraction of sp³-hybridized carbons (Fsp3) is 0.417. The third-order valence-corrected chi connectivity index (χ3v) is 8.79. The van der Waals surface area contributed by atoms with E-state index in [-0.39, 0.29) is 45.6 Å². The number of nitrogens with zero attached hydrogens (tertiary/aromatic N) is 2. The van der Waals surface area contributed by atoms with Gasteiger partial charge in [-0.1, -0.05) is 60.7 Å². The molecule has 2 saturated heterocycles. The topological polar surface area (TPSA) is 190 Å². The molecule has 1 aromatic heterocycles. The number of aliphatic hydroxyl groups is 1. The molecule has 0 saturated carbocycles. The number of rotatable bonds is 14. The smallest absolute Gasteiger partial charge is 0.409 e. The lowest BCUT2D eigenvalue weighted by Crippen LogP contribution is -2.64. The van der Waals surface area contributed by atoms with Crippen molar-refractivity contribution in [1.29, 1.82) is 0 Å². The van der Waals surface area contributed by atoms with Gasteiger partial charge in [0.2, 0.25) is 11.4 Å². The zero-order valence-electron chi connectivity index (χ0n) is 28.6. The monoisotopic (exact) mass is 704 g/mol. The van der Waals surface area contributed by atoms with Crippen molar-refractivity contribution in [3.8, 4) is 11.3 Å². The van der Waals surface area contributed by atoms with Gasteiger partial charge in [0.25, 0.3) is 11.8 Å². The fourth-order valence-corrected chi connectivity index (χ4v) is 6.09. The van der Waals surface area contributed by atoms with E-state index in [1.165, 1.54) is 19.2 Å². The third-order valence-electron chi connectivity index (χ3n) is 8.79. The van der Waals surface area contributed by atoms with E-state index in [1.807, 2.05) is 72.8 Å². The summed E-state index contributed by atoms with van der Waals surface area (Å²) in [7, 11) is 2.38. The van der Waals surface area contributed by atoms with Gasteiger partial charge in [-0.25, -0.2) is 14.6 Å². The first-order chi connectivity index (χ1) is 24.6. The third kappa shape index (κ3) is 9.58. The summed E-state index contributed by atoms with van der Waals surface area (Å²) in [6.07, 6.45) is 0.417. The van der Waals surface area contributed by atoms with Gasteiger partial charge in [-0.05, 0) is 42.5 Å². The van der Waals surface area contributed by atoms with E-state index in [1.54, 1.807) is 6.20 Å². The molecule has 15 nitrogen and oxygen atoms in total. The highest BCUT2D eigenvalue weighted by atomic mass is 16.6. The van der Waals surface area contributed by atoms with Gasteiger partial charge in [0.05, 0.1) is 45.3 Å². The first-order valence-corrected chi connectivity index (χ1v) is 16.7. The van der Waals surface area contributed by atoms with Crippen LogP contribution in [0, 0.1) is 0 Å². The van der Waals surface area contributed by atoms with Crippen molar-refractivity contribution in [2.24, 2.45) is 0 Å². The Morgan fingerprint density at radius 3 is 1.98 bits per heavy atom. The molecule has 4 amide bonds. The molecule has 0 spiro atoms. The zero-order valence-corrected chi connectivity index (χ0v) is 28.6. The Balaban J connectivity index is 1.41. The number of nitrogens with one attached hydrogen (secondary N) is 4. The molecule has 2 fully saturated rings. The second kappa shape index (κ2) is 17.2. The fourth-order valence-electron chi connectivity index (χ4n) is 6.09. The van der Waals surface area contributed by atoms with Crippen molar-refractivity contribution in [2.75, 3.05) is 34.0 Å². The largest absolute Gasteiger partial charge is 0.453 e. The molecule has 2 unspecified atom stereocenters. The van der Waals surface area contributed by atoms with Crippen LogP contribution < -0.4 is 21.4 Å². The standard InChI is InChI=1S/C36H44N6O9/c1-48-33(46)39-35(17-8-20-50-35)31(44)38-29(22-25-10-4-3-5-11-25)30(43)24-42(41-32(45)36(18-9-21-51-36)40-34(47)49-2)23-26-13-15-27(16-14-26)28-12-6-7-19-37-28/h3-7,10-16,19,29-30,43H,8-9,17-18,20-24H2,1-2H3,(H,38,44)(H,39,46)(H,40,47)(H,41,45)/t29-,30-,35?,36?/m0/s1. The predicted octanol–water partition coefficient (Wildman–Crippen LogP) is 2.40. The maximum atomic E-state index is 13.8. The molecule has 0 aliphatic carbocycles. The molecule has 4 atom stereocenters. The van der Waals surface area contributed by atoms with Crippen LogP contribution in [0.5, 0.6) is 0 Å². The van der Waals surface area contributed by atoms with E-state index < -0.39 is 47.6 Å². The number of hydrazine groups is 1. The number of methoxy groups -OCH3 is 2. The quantitative estimate of drug-likeness (QED) is 0.155. The highest BCUT2D eigenvalue weighted by Crippen LogP contribution is 2.26. The number of aliphatic hydroxyl groups excluding tert-OH is 1. The van der Waals surface area contributed by atoms with Crippen molar-refractivity contribution >= 4 is 24.0 Å². The highest BCUT2D eigenvalue weighted by Gasteiger charge is 2.47. The zero-order chi connectivity index (χ0) is 36.3. The number of pyridine rings is 1. The van der Waals surface area contributed by atoms with Crippen LogP contribution in [0.25, 0.3) is 11.3 Å². The summed E-state index contributed by atoms with van der Waals surface area (Å²) in [5.41, 5.74) is 2.76. The number of aromatic nitrogens is 1. The Morgan fingerprint density at radius 2 is 1.43 bits per heavy atom. The van der Waals surface area contributed by atoms with Crippen LogP contribution in [-0.2, 0) is 41.5 Å². The van der Waals surface area contributed by atoms with Crippen molar-refractivity contribution in [1.82, 2.24) is 31.4 Å². The van der Waals surface area contributed by atoms with E-state index in [4.69, 9.17) is 18.9 Å². The normalized spacial score (nSPS) is 20.9. The van der Waals surface area contributed by atoms with Crippen molar-refractivity contribution in [3.05, 3.63) is 90.1 Å². The summed E-state index contributed by atoms with van der Waals surface area (Å²) in [6, 6.07) is 21.6. The molecule has 0 radical (unpaired) electrons. The Morgan fingerprint density at radius 1 is 0.824 bits per heavy atom. The maximum absolute atomic E-state index is 13.8. The van der Waals surface area contributed by atoms with E-state index in [9.17, 15) is 24.3 Å². The van der Waals surface area contributed by atoms with Crippen LogP contribution in [0.3, 0.4) is 0 Å². The number of hydrogen-bond acceptors (Lipinski definition) is 11. The number of ether oxygens (including phenoxy) is 4. The minimum Gasteiger partial charge on any atom is -0.453 e. The number of benzene rings is 2. The van der Waals surface area contributed by atoms with E-state index in [0.29, 0.717) is 12.8 Å². The molecule has 2 aliphatic heterocycles. The van der Waals surface area contributed by atoms with Gasteiger partial charge in [0.1, 0.15) is 0 Å². The summed E-state index contributed by atoms with van der Waals surface area (Å²) in [5.74, 6) is -1.31. The molecule has 2 aliphatic rings. The van der Waals surface area contributed by atoms with Crippen LogP contribution >= 0.6 is 0 Å². The minimum absolute atomic E-state index is 0.128. The van der Waals surface area contributed by atoms with Crippen molar-refractivity contribution in [2.45, 2.75) is 62.2 Å². The lowest BCUT2D eigenvalue weighted by atomic mass is 9.99. The molecule has 2 aromatic carbocycles. The Hall–Kier alpha value is -5.09. The first kappa shape index (κ1) is 37.2. The van der Waals surface area contributed by atoms with Gasteiger partial charge in [0, 0.05) is 37.7 Å². The molecule has 5 rings (SSSR count). The van der Waals surface area contributed by atoms with Crippen molar-refractivity contribution in [3.63, 3.8) is 0 Å². The molecule has 3 heterocycles. The number of amides is 4. The Bertz CT molecular complexity index is 1620. The van der Waals surface area contributed by atoms with Crippen LogP contribution in [0.15, 0.2) is 79.0 Å². The van der Waals surface area contributed by atoms with Gasteiger partial charge in [0.15, 0.2) is 0 Å². The Kier molecular flexibility index (Phi) is 12.6. The summed E-state index contributed by atoms with van der Waals surface area (Å²) < 4.78 is 21.0. The average molecular weight is 705 g/mol. The van der Waals surface area contributed by atoms with Gasteiger partial charge in [-0.3, -0.25) is 30.6 Å². The number of alkyl carbamates (subject to hydrolysis) is 2. The van der Waals surface area contributed by atoms with E-state index in [0.717, 1.165) is 22.4 Å². The summed E-state index contributed by atoms with van der Waals surface area (Å²) >= 11 is 0. The molecule has 15 heteroatoms. The van der Waals surface area contributed by atoms with Gasteiger partial charge in [-0.15, -0.1) is 0 Å². The summed E-state index contributed by atoms with van der Waals surface area (Å²) in [4.78, 5) is 56.5. The molecule has 272 valence electrons. The van der Waals surface area contributed by atoms with Gasteiger partial charge >= 0.3 is 12.2 Å².